The lowest BCUT2D eigenvalue weighted by Gasteiger charge is -2.23. The van der Waals surface area contributed by atoms with Gasteiger partial charge in [0.1, 0.15) is 0 Å². The first-order chi connectivity index (χ1) is 8.93. The van der Waals surface area contributed by atoms with Crippen LogP contribution < -0.4 is 10.6 Å². The van der Waals surface area contributed by atoms with Crippen molar-refractivity contribution in [3.05, 3.63) is 24.3 Å². The van der Waals surface area contributed by atoms with Crippen LogP contribution in [-0.4, -0.2) is 33.8 Å². The van der Waals surface area contributed by atoms with E-state index in [9.17, 15) is 17.2 Å². The van der Waals surface area contributed by atoms with Crippen molar-refractivity contribution < 1.29 is 17.2 Å². The number of halogens is 2. The molecule has 4 nitrogen and oxygen atoms in total. The third kappa shape index (κ3) is 3.87. The summed E-state index contributed by atoms with van der Waals surface area (Å²) in [6.07, 6.45) is 0.810. The summed E-state index contributed by atoms with van der Waals surface area (Å²) >= 11 is 0. The highest BCUT2D eigenvalue weighted by Gasteiger charge is 2.26. The molecule has 0 aliphatic carbocycles. The van der Waals surface area contributed by atoms with Gasteiger partial charge in [0.05, 0.1) is 4.90 Å². The molecule has 1 rings (SSSR count). The van der Waals surface area contributed by atoms with E-state index in [2.05, 4.69) is 0 Å². The highest BCUT2D eigenvalue weighted by atomic mass is 32.2. The zero-order valence-corrected chi connectivity index (χ0v) is 11.5. The van der Waals surface area contributed by atoms with E-state index in [0.717, 1.165) is 25.2 Å². The van der Waals surface area contributed by atoms with Crippen LogP contribution in [0.25, 0.3) is 0 Å². The molecule has 0 atom stereocenters. The Morgan fingerprint density at radius 3 is 2.26 bits per heavy atom. The van der Waals surface area contributed by atoms with Gasteiger partial charge in [-0.15, -0.1) is 0 Å². The van der Waals surface area contributed by atoms with E-state index >= 15 is 0 Å². The summed E-state index contributed by atoms with van der Waals surface area (Å²) < 4.78 is 47.3. The molecule has 0 aliphatic heterocycles. The molecule has 0 amide bonds. The van der Waals surface area contributed by atoms with E-state index < -0.39 is 15.6 Å². The Balaban J connectivity index is 2.92. The van der Waals surface area contributed by atoms with E-state index in [4.69, 9.17) is 5.73 Å². The maximum absolute atomic E-state index is 12.4. The molecular formula is C12H18F2N2O2S. The minimum atomic E-state index is -4.51. The van der Waals surface area contributed by atoms with Gasteiger partial charge in [0.2, 0.25) is 9.84 Å². The van der Waals surface area contributed by atoms with Crippen LogP contribution in [0.4, 0.5) is 14.5 Å². The summed E-state index contributed by atoms with van der Waals surface area (Å²) in [7, 11) is -4.51. The fourth-order valence-corrected chi connectivity index (χ4v) is 2.42. The van der Waals surface area contributed by atoms with Gasteiger partial charge in [-0.05, 0) is 44.2 Å². The quantitative estimate of drug-likeness (QED) is 0.833. The first-order valence-corrected chi connectivity index (χ1v) is 7.55. The van der Waals surface area contributed by atoms with E-state index in [1.165, 1.54) is 24.3 Å². The molecule has 1 aromatic rings. The van der Waals surface area contributed by atoms with Crippen LogP contribution in [0.2, 0.25) is 0 Å². The number of hydrogen-bond donors (Lipinski definition) is 1. The molecule has 0 saturated carbocycles. The van der Waals surface area contributed by atoms with Crippen molar-refractivity contribution in [3.8, 4) is 0 Å². The predicted molar refractivity (Wildman–Crippen MR) is 71.2 cm³/mol. The first-order valence-electron chi connectivity index (χ1n) is 6.00. The Morgan fingerprint density at radius 1 is 1.26 bits per heavy atom. The normalized spacial score (nSPS) is 11.8. The van der Waals surface area contributed by atoms with Crippen LogP contribution in [0.1, 0.15) is 13.3 Å². The van der Waals surface area contributed by atoms with Crippen LogP contribution in [0, 0.1) is 0 Å². The number of hydrogen-bond acceptors (Lipinski definition) is 4. The fraction of sp³-hybridized carbons (Fsp3) is 0.500. The summed E-state index contributed by atoms with van der Waals surface area (Å²) in [4.78, 5) is 1.65. The molecule has 2 N–H and O–H groups in total. The van der Waals surface area contributed by atoms with Crippen molar-refractivity contribution in [1.82, 2.24) is 0 Å². The molecule has 0 bridgehead atoms. The Hall–Kier alpha value is -1.21. The minimum Gasteiger partial charge on any atom is -0.372 e. The SMILES string of the molecule is CCN(CCCN)c1ccc(S(=O)(=O)C(F)F)cc1. The molecule has 0 fully saturated rings. The average molecular weight is 292 g/mol. The second-order valence-corrected chi connectivity index (χ2v) is 5.94. The van der Waals surface area contributed by atoms with E-state index in [-0.39, 0.29) is 4.90 Å². The zero-order valence-electron chi connectivity index (χ0n) is 10.7. The van der Waals surface area contributed by atoms with Crippen LogP contribution in [0.5, 0.6) is 0 Å². The lowest BCUT2D eigenvalue weighted by atomic mass is 10.2. The van der Waals surface area contributed by atoms with Gasteiger partial charge in [-0.1, -0.05) is 0 Å². The van der Waals surface area contributed by atoms with Crippen molar-refractivity contribution in [2.75, 3.05) is 24.5 Å². The molecule has 19 heavy (non-hydrogen) atoms. The monoisotopic (exact) mass is 292 g/mol. The largest absolute Gasteiger partial charge is 0.372 e. The molecule has 0 saturated heterocycles. The summed E-state index contributed by atoms with van der Waals surface area (Å²) in [5.74, 6) is -3.39. The molecule has 0 heterocycles. The standard InChI is InChI=1S/C12H18F2N2O2S/c1-2-16(9-3-8-15)10-4-6-11(7-5-10)19(17,18)12(13)14/h4-7,12H,2-3,8-9,15H2,1H3. The number of alkyl halides is 2. The van der Waals surface area contributed by atoms with Gasteiger partial charge in [-0.25, -0.2) is 8.42 Å². The minimum absolute atomic E-state index is 0.360. The Kier molecular flexibility index (Phi) is 5.68. The highest BCUT2D eigenvalue weighted by Crippen LogP contribution is 2.22. The van der Waals surface area contributed by atoms with Crippen molar-refractivity contribution in [2.45, 2.75) is 24.0 Å². The summed E-state index contributed by atoms with van der Waals surface area (Å²) in [5, 5.41) is 0. The second-order valence-electron chi connectivity index (χ2n) is 4.02. The number of rotatable bonds is 7. The van der Waals surface area contributed by atoms with Crippen molar-refractivity contribution in [1.29, 1.82) is 0 Å². The van der Waals surface area contributed by atoms with Gasteiger partial charge in [0.15, 0.2) is 0 Å². The second kappa shape index (κ2) is 6.81. The Labute approximate surface area is 112 Å². The maximum atomic E-state index is 12.4. The molecule has 0 aromatic heterocycles. The van der Waals surface area contributed by atoms with Crippen LogP contribution in [0.15, 0.2) is 29.2 Å². The number of nitrogens with zero attached hydrogens (tertiary/aromatic N) is 1. The first kappa shape index (κ1) is 15.8. The fourth-order valence-electron chi connectivity index (χ4n) is 1.70. The van der Waals surface area contributed by atoms with Gasteiger partial charge < -0.3 is 10.6 Å². The summed E-state index contributed by atoms with van der Waals surface area (Å²) in [6.45, 7) is 4.00. The van der Waals surface area contributed by atoms with Crippen molar-refractivity contribution >= 4 is 15.5 Å². The Bertz CT molecular complexity index is 489. The van der Waals surface area contributed by atoms with E-state index in [1.54, 1.807) is 0 Å². The van der Waals surface area contributed by atoms with Gasteiger partial charge in [-0.2, -0.15) is 8.78 Å². The molecule has 0 aliphatic rings. The predicted octanol–water partition coefficient (Wildman–Crippen LogP) is 1.86. The number of nitrogens with two attached hydrogens (primary N) is 1. The van der Waals surface area contributed by atoms with Crippen LogP contribution in [-0.2, 0) is 9.84 Å². The van der Waals surface area contributed by atoms with Gasteiger partial charge >= 0.3 is 5.76 Å². The van der Waals surface area contributed by atoms with E-state index in [0.29, 0.717) is 6.54 Å². The number of anilines is 1. The highest BCUT2D eigenvalue weighted by molar-refractivity contribution is 7.91. The Morgan fingerprint density at radius 2 is 1.84 bits per heavy atom. The third-order valence-electron chi connectivity index (χ3n) is 2.78. The van der Waals surface area contributed by atoms with Crippen LogP contribution >= 0.6 is 0 Å². The summed E-state index contributed by atoms with van der Waals surface area (Å²) in [5.41, 5.74) is 6.23. The summed E-state index contributed by atoms with van der Waals surface area (Å²) in [6, 6.07) is 5.49. The number of benzene rings is 1. The molecule has 108 valence electrons. The molecular weight excluding hydrogens is 274 g/mol. The molecule has 0 spiro atoms. The van der Waals surface area contributed by atoms with Gasteiger partial charge in [0.25, 0.3) is 0 Å². The molecule has 7 heteroatoms. The molecule has 0 radical (unpaired) electrons. The van der Waals surface area contributed by atoms with Gasteiger partial charge in [-0.3, -0.25) is 0 Å². The zero-order chi connectivity index (χ0) is 14.5. The van der Waals surface area contributed by atoms with Crippen molar-refractivity contribution in [3.63, 3.8) is 0 Å². The average Bonchev–Trinajstić information content (AvgIpc) is 2.40. The number of sulfone groups is 1. The topological polar surface area (TPSA) is 63.4 Å². The molecule has 1 aromatic carbocycles. The lowest BCUT2D eigenvalue weighted by Crippen LogP contribution is -2.25. The maximum Gasteiger partial charge on any atom is 0.341 e. The lowest BCUT2D eigenvalue weighted by molar-refractivity contribution is 0.234. The van der Waals surface area contributed by atoms with Crippen LogP contribution in [0.3, 0.4) is 0 Å². The van der Waals surface area contributed by atoms with Crippen molar-refractivity contribution in [2.24, 2.45) is 5.73 Å². The molecule has 0 unspecified atom stereocenters. The smallest absolute Gasteiger partial charge is 0.341 e. The third-order valence-corrected chi connectivity index (χ3v) is 4.18. The van der Waals surface area contributed by atoms with E-state index in [1.807, 2.05) is 11.8 Å². The van der Waals surface area contributed by atoms with Gasteiger partial charge in [0, 0.05) is 18.8 Å².